The Morgan fingerprint density at radius 1 is 1.16 bits per heavy atom. The summed E-state index contributed by atoms with van der Waals surface area (Å²) in [5, 5.41) is 2.62. The highest BCUT2D eigenvalue weighted by Gasteiger charge is 2.35. The first-order valence-corrected chi connectivity index (χ1v) is 8.22. The molecule has 0 spiro atoms. The molecular formula is C19H18N4O2. The van der Waals surface area contributed by atoms with Crippen LogP contribution in [0.1, 0.15) is 10.4 Å². The van der Waals surface area contributed by atoms with E-state index in [1.54, 1.807) is 18.0 Å². The average molecular weight is 334 g/mol. The van der Waals surface area contributed by atoms with Crippen molar-refractivity contribution >= 4 is 22.8 Å². The second-order valence-corrected chi connectivity index (χ2v) is 6.20. The summed E-state index contributed by atoms with van der Waals surface area (Å²) in [5.41, 5.74) is 3.25. The number of likely N-dealkylation sites (tertiary alicyclic amines) is 1. The number of fused-ring (bicyclic) bond motifs is 1. The van der Waals surface area contributed by atoms with Crippen LogP contribution in [0.2, 0.25) is 0 Å². The van der Waals surface area contributed by atoms with Crippen molar-refractivity contribution in [2.24, 2.45) is 5.92 Å². The number of nitrogens with one attached hydrogen (secondary N) is 2. The second kappa shape index (κ2) is 6.05. The van der Waals surface area contributed by atoms with E-state index in [0.717, 1.165) is 22.4 Å². The Morgan fingerprint density at radius 2 is 1.92 bits per heavy atom. The van der Waals surface area contributed by atoms with Gasteiger partial charge in [0.25, 0.3) is 5.91 Å². The number of carbonyl (C=O) groups is 2. The number of hydrogen-bond acceptors (Lipinski definition) is 3. The van der Waals surface area contributed by atoms with Crippen LogP contribution < -0.4 is 5.32 Å². The first kappa shape index (κ1) is 15.4. The molecule has 6 heteroatoms. The molecule has 1 fully saturated rings. The molecule has 1 aliphatic rings. The van der Waals surface area contributed by atoms with Gasteiger partial charge >= 0.3 is 0 Å². The van der Waals surface area contributed by atoms with Crippen molar-refractivity contribution in [1.82, 2.24) is 20.2 Å². The summed E-state index contributed by atoms with van der Waals surface area (Å²) < 4.78 is 0. The zero-order valence-electron chi connectivity index (χ0n) is 13.8. The summed E-state index contributed by atoms with van der Waals surface area (Å²) in [7, 11) is 1.61. The van der Waals surface area contributed by atoms with Crippen LogP contribution in [0.15, 0.2) is 48.5 Å². The standard InChI is InChI=1S/C19H18N4O2/c1-20-18(24)14-10-23(11-14)19(25)13-7-8-15-16(9-13)22-17(21-15)12-5-3-2-4-6-12/h2-9,14H,10-11H2,1H3,(H,20,24)(H,21,22). The third-order valence-corrected chi connectivity index (χ3v) is 4.56. The van der Waals surface area contributed by atoms with E-state index in [1.807, 2.05) is 42.5 Å². The Kier molecular flexibility index (Phi) is 3.72. The zero-order chi connectivity index (χ0) is 17.4. The number of imidazole rings is 1. The van der Waals surface area contributed by atoms with Gasteiger partial charge in [0.05, 0.1) is 17.0 Å². The molecule has 4 rings (SSSR count). The molecule has 126 valence electrons. The first-order valence-electron chi connectivity index (χ1n) is 8.22. The van der Waals surface area contributed by atoms with Crippen LogP contribution in [-0.4, -0.2) is 46.8 Å². The number of aromatic amines is 1. The first-order chi connectivity index (χ1) is 12.2. The largest absolute Gasteiger partial charge is 0.359 e. The number of hydrogen-bond donors (Lipinski definition) is 2. The Labute approximate surface area is 144 Å². The SMILES string of the molecule is CNC(=O)C1CN(C(=O)c2ccc3nc(-c4ccccc4)[nH]c3c2)C1. The van der Waals surface area contributed by atoms with Crippen LogP contribution in [0.3, 0.4) is 0 Å². The van der Waals surface area contributed by atoms with Crippen molar-refractivity contribution in [2.45, 2.75) is 0 Å². The summed E-state index contributed by atoms with van der Waals surface area (Å²) in [6.45, 7) is 0.934. The van der Waals surface area contributed by atoms with Crippen molar-refractivity contribution in [2.75, 3.05) is 20.1 Å². The quantitative estimate of drug-likeness (QED) is 0.769. The third-order valence-electron chi connectivity index (χ3n) is 4.56. The molecule has 0 aliphatic carbocycles. The molecule has 2 N–H and O–H groups in total. The summed E-state index contributed by atoms with van der Waals surface area (Å²) in [6, 6.07) is 15.3. The molecule has 1 aromatic heterocycles. The van der Waals surface area contributed by atoms with Crippen molar-refractivity contribution in [3.8, 4) is 11.4 Å². The summed E-state index contributed by atoms with van der Waals surface area (Å²) >= 11 is 0. The topological polar surface area (TPSA) is 78.1 Å². The van der Waals surface area contributed by atoms with Crippen LogP contribution in [0.25, 0.3) is 22.4 Å². The lowest BCUT2D eigenvalue weighted by Gasteiger charge is -2.38. The van der Waals surface area contributed by atoms with Crippen LogP contribution in [-0.2, 0) is 4.79 Å². The van der Waals surface area contributed by atoms with E-state index >= 15 is 0 Å². The highest BCUT2D eigenvalue weighted by molar-refractivity contribution is 5.99. The second-order valence-electron chi connectivity index (χ2n) is 6.20. The van der Waals surface area contributed by atoms with Crippen LogP contribution in [0.5, 0.6) is 0 Å². The summed E-state index contributed by atoms with van der Waals surface area (Å²) in [5.74, 6) is 0.608. The van der Waals surface area contributed by atoms with Crippen LogP contribution in [0, 0.1) is 5.92 Å². The van der Waals surface area contributed by atoms with Gasteiger partial charge in [-0.15, -0.1) is 0 Å². The van der Waals surface area contributed by atoms with E-state index in [2.05, 4.69) is 15.3 Å². The van der Waals surface area contributed by atoms with E-state index in [1.165, 1.54) is 0 Å². The fourth-order valence-corrected chi connectivity index (χ4v) is 3.07. The Bertz CT molecular complexity index is 942. The normalized spacial score (nSPS) is 14.4. The van der Waals surface area contributed by atoms with E-state index in [0.29, 0.717) is 18.7 Å². The number of nitrogens with zero attached hydrogens (tertiary/aromatic N) is 2. The lowest BCUT2D eigenvalue weighted by atomic mass is 9.98. The lowest BCUT2D eigenvalue weighted by molar-refractivity contribution is -0.128. The van der Waals surface area contributed by atoms with Gasteiger partial charge in [0, 0.05) is 31.3 Å². The average Bonchev–Trinajstić information content (AvgIpc) is 3.04. The van der Waals surface area contributed by atoms with Gasteiger partial charge in [-0.05, 0) is 18.2 Å². The van der Waals surface area contributed by atoms with Crippen LogP contribution in [0.4, 0.5) is 0 Å². The molecular weight excluding hydrogens is 316 g/mol. The van der Waals surface area contributed by atoms with Crippen LogP contribution >= 0.6 is 0 Å². The minimum absolute atomic E-state index is 0.0134. The molecule has 0 radical (unpaired) electrons. The fraction of sp³-hybridized carbons (Fsp3) is 0.211. The molecule has 2 heterocycles. The number of rotatable bonds is 3. The molecule has 6 nitrogen and oxygen atoms in total. The van der Waals surface area contributed by atoms with Crippen molar-refractivity contribution in [3.63, 3.8) is 0 Å². The Balaban J connectivity index is 1.55. The predicted octanol–water partition coefficient (Wildman–Crippen LogP) is 2.05. The van der Waals surface area contributed by atoms with Crippen molar-refractivity contribution < 1.29 is 9.59 Å². The highest BCUT2D eigenvalue weighted by atomic mass is 16.2. The lowest BCUT2D eigenvalue weighted by Crippen LogP contribution is -2.55. The van der Waals surface area contributed by atoms with E-state index < -0.39 is 0 Å². The van der Waals surface area contributed by atoms with Gasteiger partial charge < -0.3 is 15.2 Å². The molecule has 0 saturated carbocycles. The minimum atomic E-state index is -0.102. The van der Waals surface area contributed by atoms with Gasteiger partial charge in [0.2, 0.25) is 5.91 Å². The van der Waals surface area contributed by atoms with Crippen molar-refractivity contribution in [3.05, 3.63) is 54.1 Å². The van der Waals surface area contributed by atoms with Gasteiger partial charge in [0.15, 0.2) is 0 Å². The van der Waals surface area contributed by atoms with E-state index in [-0.39, 0.29) is 17.7 Å². The van der Waals surface area contributed by atoms with Gasteiger partial charge in [-0.1, -0.05) is 30.3 Å². The van der Waals surface area contributed by atoms with E-state index in [4.69, 9.17) is 0 Å². The number of carbonyl (C=O) groups excluding carboxylic acids is 2. The molecule has 25 heavy (non-hydrogen) atoms. The number of aromatic nitrogens is 2. The van der Waals surface area contributed by atoms with Gasteiger partial charge in [-0.25, -0.2) is 4.98 Å². The monoisotopic (exact) mass is 334 g/mol. The number of benzene rings is 2. The highest BCUT2D eigenvalue weighted by Crippen LogP contribution is 2.23. The molecule has 2 amide bonds. The molecule has 0 bridgehead atoms. The molecule has 2 aromatic carbocycles. The Hall–Kier alpha value is -3.15. The van der Waals surface area contributed by atoms with Crippen molar-refractivity contribution in [1.29, 1.82) is 0 Å². The number of H-pyrrole nitrogens is 1. The molecule has 0 atom stereocenters. The maximum absolute atomic E-state index is 12.6. The summed E-state index contributed by atoms with van der Waals surface area (Å²) in [6.07, 6.45) is 0. The molecule has 1 aliphatic heterocycles. The summed E-state index contributed by atoms with van der Waals surface area (Å²) in [4.78, 5) is 33.7. The van der Waals surface area contributed by atoms with E-state index in [9.17, 15) is 9.59 Å². The Morgan fingerprint density at radius 3 is 2.64 bits per heavy atom. The van der Waals surface area contributed by atoms with Gasteiger partial charge in [-0.3, -0.25) is 9.59 Å². The zero-order valence-corrected chi connectivity index (χ0v) is 13.8. The number of amides is 2. The maximum atomic E-state index is 12.6. The minimum Gasteiger partial charge on any atom is -0.359 e. The fourth-order valence-electron chi connectivity index (χ4n) is 3.07. The molecule has 3 aromatic rings. The molecule has 0 unspecified atom stereocenters. The molecule has 1 saturated heterocycles. The smallest absolute Gasteiger partial charge is 0.253 e. The predicted molar refractivity (Wildman–Crippen MR) is 95.0 cm³/mol. The third kappa shape index (κ3) is 2.76. The van der Waals surface area contributed by atoms with Gasteiger partial charge in [0.1, 0.15) is 5.82 Å². The maximum Gasteiger partial charge on any atom is 0.253 e. The van der Waals surface area contributed by atoms with Gasteiger partial charge in [-0.2, -0.15) is 0 Å².